The fourth-order valence-corrected chi connectivity index (χ4v) is 3.17. The first-order valence-corrected chi connectivity index (χ1v) is 7.57. The Bertz CT molecular complexity index is 754. The van der Waals surface area contributed by atoms with E-state index in [1.807, 2.05) is 37.3 Å². The van der Waals surface area contributed by atoms with E-state index in [4.69, 9.17) is 23.2 Å². The van der Waals surface area contributed by atoms with Crippen LogP contribution < -0.4 is 0 Å². The van der Waals surface area contributed by atoms with Gasteiger partial charge in [0, 0.05) is 10.4 Å². The molecule has 3 rings (SSSR count). The summed E-state index contributed by atoms with van der Waals surface area (Å²) in [6, 6.07) is 13.5. The van der Waals surface area contributed by atoms with Crippen molar-refractivity contribution in [3.8, 4) is 22.0 Å². The largest absolute Gasteiger partial charge is 0.234 e. The normalized spacial score (nSPS) is 10.8. The molecule has 2 aromatic heterocycles. The Morgan fingerprint density at radius 1 is 0.900 bits per heavy atom. The molecule has 0 fully saturated rings. The van der Waals surface area contributed by atoms with Crippen LogP contribution in [0.5, 0.6) is 0 Å². The van der Waals surface area contributed by atoms with Gasteiger partial charge in [-0.25, -0.2) is 9.97 Å². The molecule has 0 bridgehead atoms. The second kappa shape index (κ2) is 5.52. The molecule has 2 nitrogen and oxygen atoms in total. The second-order valence-electron chi connectivity index (χ2n) is 4.25. The molecule has 100 valence electrons. The number of aromatic nitrogens is 2. The highest BCUT2D eigenvalue weighted by molar-refractivity contribution is 7.15. The number of rotatable bonds is 2. The van der Waals surface area contributed by atoms with Crippen LogP contribution in [0.15, 0.2) is 42.5 Å². The van der Waals surface area contributed by atoms with E-state index in [1.165, 1.54) is 0 Å². The predicted molar refractivity (Wildman–Crippen MR) is 85.5 cm³/mol. The van der Waals surface area contributed by atoms with Gasteiger partial charge in [0.25, 0.3) is 0 Å². The van der Waals surface area contributed by atoms with Gasteiger partial charge in [-0.2, -0.15) is 0 Å². The fraction of sp³-hybridized carbons (Fsp3) is 0.0667. The maximum Gasteiger partial charge on any atom is 0.129 e. The van der Waals surface area contributed by atoms with Crippen LogP contribution in [0, 0.1) is 6.92 Å². The van der Waals surface area contributed by atoms with Crippen molar-refractivity contribution >= 4 is 34.5 Å². The molecule has 0 aliphatic carbocycles. The maximum absolute atomic E-state index is 6.20. The number of thiazole rings is 1. The van der Waals surface area contributed by atoms with Gasteiger partial charge in [-0.3, -0.25) is 0 Å². The van der Waals surface area contributed by atoms with E-state index in [0.717, 1.165) is 21.1 Å². The summed E-state index contributed by atoms with van der Waals surface area (Å²) in [5.41, 5.74) is 2.52. The van der Waals surface area contributed by atoms with E-state index in [1.54, 1.807) is 23.5 Å². The summed E-state index contributed by atoms with van der Waals surface area (Å²) in [5, 5.41) is 1.93. The van der Waals surface area contributed by atoms with Crippen LogP contribution in [-0.2, 0) is 0 Å². The zero-order valence-electron chi connectivity index (χ0n) is 10.6. The van der Waals surface area contributed by atoms with Crippen molar-refractivity contribution in [3.63, 3.8) is 0 Å². The molecule has 0 saturated heterocycles. The number of benzene rings is 1. The van der Waals surface area contributed by atoms with Crippen molar-refractivity contribution < 1.29 is 0 Å². The molecular weight excluding hydrogens is 311 g/mol. The van der Waals surface area contributed by atoms with E-state index in [2.05, 4.69) is 9.97 Å². The van der Waals surface area contributed by atoms with E-state index >= 15 is 0 Å². The Hall–Kier alpha value is -1.42. The second-order valence-corrected chi connectivity index (χ2v) is 6.25. The molecule has 20 heavy (non-hydrogen) atoms. The summed E-state index contributed by atoms with van der Waals surface area (Å²) in [6.07, 6.45) is 0. The number of pyridine rings is 1. The molecule has 0 unspecified atom stereocenters. The SMILES string of the molecule is Cc1sc(-c2ccccc2)nc1-c1nc(Cl)ccc1Cl. The average Bonchev–Trinajstić information content (AvgIpc) is 2.84. The topological polar surface area (TPSA) is 25.8 Å². The first-order valence-electron chi connectivity index (χ1n) is 6.00. The molecule has 0 N–H and O–H groups in total. The molecule has 2 heterocycles. The lowest BCUT2D eigenvalue weighted by Gasteiger charge is -2.01. The van der Waals surface area contributed by atoms with E-state index in [9.17, 15) is 0 Å². The molecule has 0 aliphatic heterocycles. The van der Waals surface area contributed by atoms with Gasteiger partial charge in [0.05, 0.1) is 5.02 Å². The minimum atomic E-state index is 0.415. The molecule has 0 spiro atoms. The van der Waals surface area contributed by atoms with E-state index < -0.39 is 0 Å². The highest BCUT2D eigenvalue weighted by atomic mass is 35.5. The summed E-state index contributed by atoms with van der Waals surface area (Å²) >= 11 is 13.8. The summed E-state index contributed by atoms with van der Waals surface area (Å²) < 4.78 is 0. The van der Waals surface area contributed by atoms with Crippen LogP contribution in [0.25, 0.3) is 22.0 Å². The molecule has 3 aromatic rings. The third kappa shape index (κ3) is 2.57. The predicted octanol–water partition coefficient (Wildman–Crippen LogP) is 5.49. The average molecular weight is 321 g/mol. The molecule has 0 saturated carbocycles. The standard InChI is InChI=1S/C15H10Cl2N2S/c1-9-13(14-11(16)7-8-12(17)18-14)19-15(20-9)10-5-3-2-4-6-10/h2-8H,1H3. The van der Waals surface area contributed by atoms with Gasteiger partial charge in [0.15, 0.2) is 0 Å². The van der Waals surface area contributed by atoms with Gasteiger partial charge in [-0.1, -0.05) is 53.5 Å². The van der Waals surface area contributed by atoms with Gasteiger partial charge in [0.1, 0.15) is 21.5 Å². The van der Waals surface area contributed by atoms with Crippen LogP contribution in [0.1, 0.15) is 4.88 Å². The van der Waals surface area contributed by atoms with Crippen LogP contribution in [-0.4, -0.2) is 9.97 Å². The number of halogens is 2. The van der Waals surface area contributed by atoms with Crippen molar-refractivity contribution in [1.29, 1.82) is 0 Å². The van der Waals surface area contributed by atoms with Gasteiger partial charge in [-0.15, -0.1) is 11.3 Å². The lowest BCUT2D eigenvalue weighted by atomic mass is 10.2. The van der Waals surface area contributed by atoms with Crippen molar-refractivity contribution in [1.82, 2.24) is 9.97 Å². The maximum atomic E-state index is 6.20. The van der Waals surface area contributed by atoms with Crippen molar-refractivity contribution in [2.45, 2.75) is 6.92 Å². The van der Waals surface area contributed by atoms with Crippen LogP contribution in [0.4, 0.5) is 0 Å². The monoisotopic (exact) mass is 320 g/mol. The minimum absolute atomic E-state index is 0.415. The molecule has 0 aliphatic rings. The minimum Gasteiger partial charge on any atom is -0.234 e. The smallest absolute Gasteiger partial charge is 0.129 e. The lowest BCUT2D eigenvalue weighted by molar-refractivity contribution is 1.26. The zero-order valence-corrected chi connectivity index (χ0v) is 12.9. The highest BCUT2D eigenvalue weighted by Crippen LogP contribution is 2.35. The Morgan fingerprint density at radius 3 is 2.40 bits per heavy atom. The Kier molecular flexibility index (Phi) is 3.74. The zero-order chi connectivity index (χ0) is 14.1. The van der Waals surface area contributed by atoms with E-state index in [0.29, 0.717) is 15.9 Å². The van der Waals surface area contributed by atoms with Crippen LogP contribution in [0.2, 0.25) is 10.2 Å². The van der Waals surface area contributed by atoms with Crippen molar-refractivity contribution in [3.05, 3.63) is 57.5 Å². The van der Waals surface area contributed by atoms with Crippen molar-refractivity contribution in [2.75, 3.05) is 0 Å². The molecule has 1 aromatic carbocycles. The van der Waals surface area contributed by atoms with Crippen LogP contribution in [0.3, 0.4) is 0 Å². The molecule has 0 atom stereocenters. The molecule has 0 amide bonds. The summed E-state index contributed by atoms with van der Waals surface area (Å²) in [4.78, 5) is 10.0. The highest BCUT2D eigenvalue weighted by Gasteiger charge is 2.15. The third-order valence-electron chi connectivity index (χ3n) is 2.85. The number of nitrogens with zero attached hydrogens (tertiary/aromatic N) is 2. The first kappa shape index (κ1) is 13.6. The first-order chi connectivity index (χ1) is 9.65. The van der Waals surface area contributed by atoms with E-state index in [-0.39, 0.29) is 0 Å². The number of aryl methyl sites for hydroxylation is 1. The number of hydrogen-bond acceptors (Lipinski definition) is 3. The van der Waals surface area contributed by atoms with Crippen LogP contribution >= 0.6 is 34.5 Å². The number of hydrogen-bond donors (Lipinski definition) is 0. The Morgan fingerprint density at radius 2 is 1.65 bits per heavy atom. The molecule has 5 heteroatoms. The Labute approximate surface area is 131 Å². The third-order valence-corrected chi connectivity index (χ3v) is 4.39. The quantitative estimate of drug-likeness (QED) is 0.583. The Balaban J connectivity index is 2.12. The van der Waals surface area contributed by atoms with Gasteiger partial charge >= 0.3 is 0 Å². The molecule has 0 radical (unpaired) electrons. The van der Waals surface area contributed by atoms with Gasteiger partial charge < -0.3 is 0 Å². The fourth-order valence-electron chi connectivity index (χ4n) is 1.90. The van der Waals surface area contributed by atoms with Gasteiger partial charge in [-0.05, 0) is 19.1 Å². The summed E-state index contributed by atoms with van der Waals surface area (Å²) in [6.45, 7) is 2.01. The lowest BCUT2D eigenvalue weighted by Crippen LogP contribution is -1.88. The summed E-state index contributed by atoms with van der Waals surface area (Å²) in [5.74, 6) is 0. The van der Waals surface area contributed by atoms with Crippen molar-refractivity contribution in [2.24, 2.45) is 0 Å². The molecular formula is C15H10Cl2N2S. The van der Waals surface area contributed by atoms with Gasteiger partial charge in [0.2, 0.25) is 0 Å². The summed E-state index contributed by atoms with van der Waals surface area (Å²) in [7, 11) is 0.